The first-order valence-electron chi connectivity index (χ1n) is 31.2. The fraction of sp³-hybridized carbons (Fsp3) is 0.508. The number of rotatable bonds is 22. The van der Waals surface area contributed by atoms with E-state index >= 15 is 0 Å². The molecule has 9 rings (SSSR count). The van der Waals surface area contributed by atoms with Gasteiger partial charge in [-0.05, 0) is 86.8 Å². The third kappa shape index (κ3) is 18.3. The Hall–Kier alpha value is -8.21. The van der Waals surface area contributed by atoms with Crippen LogP contribution >= 0.6 is 23.7 Å². The Morgan fingerprint density at radius 2 is 1.51 bits per heavy atom. The number of benzene rings is 3. The first-order chi connectivity index (χ1) is 46.4. The molecule has 6 heterocycles. The number of nitrogens with two attached hydrogens (primary N) is 1. The van der Waals surface area contributed by atoms with Gasteiger partial charge in [0.05, 0.1) is 68.7 Å². The third-order valence-corrected chi connectivity index (χ3v) is 18.4. The number of amides is 8. The van der Waals surface area contributed by atoms with Crippen molar-refractivity contribution in [3.8, 4) is 39.1 Å². The number of aliphatic hydroxyl groups is 7. The van der Waals surface area contributed by atoms with Gasteiger partial charge in [-0.2, -0.15) is 5.10 Å². The standard InChI is InChI=1S/C61H78N12O22S2/c1-30-27-72-49(50(30)80)57(87)63-26-36(75)23-39(64-53(83)33-8-6-32(7-9-33)40-29-73-61(65-40)96-58(69-73)34-10-13-38(14-11-34)92-19-5-3-4-16-70-17-20-91-21-18-70)54(84)66-46(31(2)74)59(88)71-28-37(76)24-41(71)55(85)68-48(56(86)67-47(60(72)89)43(78)25-45(62)79)52(82)51(81)35-12-15-42(77)44(22-35)93-97-95-94-90/h6-15,22,29-31,36-37,39,41,43,46-52,74-78,80-82,90H,3-5,16-21,23-28H2,1-2H3,(H2,62,79)(H,63,87)(H,64,83)(H,66,84)(H,67,86)(H,68,85). The second-order valence-corrected chi connectivity index (χ2v) is 25.5. The lowest BCUT2D eigenvalue weighted by atomic mass is 9.96. The van der Waals surface area contributed by atoms with Gasteiger partial charge in [-0.3, -0.25) is 43.3 Å². The summed E-state index contributed by atoms with van der Waals surface area (Å²) in [6.07, 6.45) is -11.4. The van der Waals surface area contributed by atoms with Gasteiger partial charge in [0.15, 0.2) is 11.5 Å². The molecule has 526 valence electrons. The Morgan fingerprint density at radius 1 is 0.814 bits per heavy atom. The number of aliphatic hydroxyl groups excluding tert-OH is 7. The second-order valence-electron chi connectivity index (χ2n) is 24.1. The van der Waals surface area contributed by atoms with E-state index in [2.05, 4.69) is 40.9 Å². The number of phenols is 1. The van der Waals surface area contributed by atoms with Gasteiger partial charge >= 0.3 is 0 Å². The van der Waals surface area contributed by atoms with Gasteiger partial charge < -0.3 is 96.6 Å². The zero-order valence-corrected chi connectivity index (χ0v) is 54.2. The number of morpholine rings is 1. The van der Waals surface area contributed by atoms with Crippen LogP contribution in [0.15, 0.2) is 72.9 Å². The minimum Gasteiger partial charge on any atom is -0.504 e. The van der Waals surface area contributed by atoms with Crippen LogP contribution < -0.4 is 41.2 Å². The summed E-state index contributed by atoms with van der Waals surface area (Å²) in [7, 11) is 0. The van der Waals surface area contributed by atoms with Crippen molar-refractivity contribution < 1.29 is 107 Å². The Bertz CT molecular complexity index is 3550. The van der Waals surface area contributed by atoms with Crippen LogP contribution in [0.25, 0.3) is 26.8 Å². The predicted octanol–water partition coefficient (Wildman–Crippen LogP) is -2.61. The number of β-amino-alcohol motifs (C(OH)–C–C–N with tert-alkyl or cyclic N) is 1. The number of unbranched alkanes of at least 4 members (excludes halogenated alkanes) is 2. The molecule has 4 aliphatic heterocycles. The number of carbonyl (C=O) groups excluding carboxylic acids is 8. The molecule has 8 amide bonds. The van der Waals surface area contributed by atoms with Gasteiger partial charge in [0.1, 0.15) is 59.2 Å². The quantitative estimate of drug-likeness (QED) is 0.0146. The largest absolute Gasteiger partial charge is 0.504 e. The normalized spacial score (nSPS) is 25.5. The van der Waals surface area contributed by atoms with Gasteiger partial charge in [0, 0.05) is 68.2 Å². The van der Waals surface area contributed by atoms with Crippen LogP contribution in [0.3, 0.4) is 0 Å². The maximum absolute atomic E-state index is 14.7. The van der Waals surface area contributed by atoms with E-state index in [-0.39, 0.29) is 23.5 Å². The fourth-order valence-corrected chi connectivity index (χ4v) is 12.9. The molecule has 0 radical (unpaired) electrons. The van der Waals surface area contributed by atoms with E-state index in [1.165, 1.54) is 30.4 Å². The van der Waals surface area contributed by atoms with Crippen molar-refractivity contribution in [1.82, 2.24) is 55.9 Å². The van der Waals surface area contributed by atoms with Crippen molar-refractivity contribution in [3.05, 3.63) is 84.1 Å². The number of nitrogens with one attached hydrogen (secondary N) is 5. The summed E-state index contributed by atoms with van der Waals surface area (Å²) in [4.78, 5) is 123. The highest BCUT2D eigenvalue weighted by Crippen LogP contribution is 2.35. The van der Waals surface area contributed by atoms with Crippen molar-refractivity contribution in [2.75, 3.05) is 59.1 Å². The average Bonchev–Trinajstić information content (AvgIpc) is 1.73. The Morgan fingerprint density at radius 3 is 2.20 bits per heavy atom. The number of imidazole rings is 1. The highest BCUT2D eigenvalue weighted by atomic mass is 32.2. The lowest BCUT2D eigenvalue weighted by Gasteiger charge is -2.34. The molecule has 0 aliphatic carbocycles. The number of aromatic nitrogens is 3. The smallest absolute Gasteiger partial charge is 0.261 e. The Labute approximate surface area is 562 Å². The van der Waals surface area contributed by atoms with Crippen LogP contribution in [0.2, 0.25) is 0 Å². The minimum atomic E-state index is -2.53. The first kappa shape index (κ1) is 73.0. The number of phenolic OH excluding ortho intramolecular Hbond substituents is 1. The van der Waals surface area contributed by atoms with E-state index in [1.54, 1.807) is 22.8 Å². The molecule has 16 N–H and O–H groups in total. The lowest BCUT2D eigenvalue weighted by molar-refractivity contribution is -0.433. The highest BCUT2D eigenvalue weighted by Gasteiger charge is 2.50. The van der Waals surface area contributed by atoms with Gasteiger partial charge in [-0.25, -0.2) is 14.8 Å². The topological polar surface area (TPSA) is 491 Å². The lowest BCUT2D eigenvalue weighted by Crippen LogP contribution is -2.64. The van der Waals surface area contributed by atoms with E-state index in [4.69, 9.17) is 34.7 Å². The number of fused-ring (bicyclic) bond motifs is 3. The van der Waals surface area contributed by atoms with Gasteiger partial charge in [-0.1, -0.05) is 45.8 Å². The molecule has 4 aliphatic rings. The summed E-state index contributed by atoms with van der Waals surface area (Å²) in [5, 5.41) is 120. The number of hydrogen-bond donors (Lipinski definition) is 15. The summed E-state index contributed by atoms with van der Waals surface area (Å²) < 4.78 is 22.3. The number of carbonyl (C=O) groups is 8. The zero-order chi connectivity index (χ0) is 69.8. The Balaban J connectivity index is 0.945. The van der Waals surface area contributed by atoms with Crippen LogP contribution in [-0.2, 0) is 47.7 Å². The molecule has 3 aromatic carbocycles. The first-order valence-corrected chi connectivity index (χ1v) is 32.7. The molecule has 34 nitrogen and oxygen atoms in total. The molecule has 97 heavy (non-hydrogen) atoms. The van der Waals surface area contributed by atoms with Crippen molar-refractivity contribution in [1.29, 1.82) is 0 Å². The zero-order valence-electron chi connectivity index (χ0n) is 52.5. The summed E-state index contributed by atoms with van der Waals surface area (Å²) in [6, 6.07) is 4.28. The van der Waals surface area contributed by atoms with Crippen molar-refractivity contribution >= 4 is 75.9 Å². The van der Waals surface area contributed by atoms with E-state index in [0.29, 0.717) is 27.8 Å². The summed E-state index contributed by atoms with van der Waals surface area (Å²) >= 11 is 1.33. The number of hydrogen-bond acceptors (Lipinski definition) is 27. The molecule has 4 saturated heterocycles. The summed E-state index contributed by atoms with van der Waals surface area (Å²) in [6.45, 7) is 5.84. The number of aromatic hydroxyl groups is 1. The van der Waals surface area contributed by atoms with Gasteiger partial charge in [0.2, 0.25) is 46.3 Å². The van der Waals surface area contributed by atoms with E-state index in [1.807, 2.05) is 24.3 Å². The predicted molar refractivity (Wildman–Crippen MR) is 339 cm³/mol. The molecule has 0 bridgehead atoms. The van der Waals surface area contributed by atoms with Crippen LogP contribution in [-0.4, -0.2) is 255 Å². The van der Waals surface area contributed by atoms with E-state index in [0.717, 1.165) is 98.3 Å². The second kappa shape index (κ2) is 33.4. The summed E-state index contributed by atoms with van der Waals surface area (Å²) in [5.74, 6) is -11.2. The molecule has 4 fully saturated rings. The van der Waals surface area contributed by atoms with Crippen molar-refractivity contribution in [2.45, 2.75) is 131 Å². The SMILES string of the molecule is CC(O)C1NC(=O)C(NC(=O)c2ccc(-c3cn4nc(-c5ccc(OCCCCCN6CCOCC6)cc5)sc4n3)cc2)CC(O)CNC(=O)C2C(O)C(C)CN2C(=O)C(C(O)CC(N)=O)NC(=O)C(C(O)C(O)c2ccc(O)c(OSOOO)c2)NC(=O)C2CC(O)CN2C1=O. The van der Waals surface area contributed by atoms with E-state index in [9.17, 15) is 79.2 Å². The molecule has 14 unspecified atom stereocenters. The minimum absolute atomic E-state index is 0.0134. The average molecular weight is 1400 g/mol. The molecule has 2 aromatic heterocycles. The van der Waals surface area contributed by atoms with Crippen LogP contribution in [0.4, 0.5) is 0 Å². The van der Waals surface area contributed by atoms with Crippen molar-refractivity contribution in [2.24, 2.45) is 11.7 Å². The number of primary amides is 1. The highest BCUT2D eigenvalue weighted by molar-refractivity contribution is 7.90. The third-order valence-electron chi connectivity index (χ3n) is 17.0. The van der Waals surface area contributed by atoms with Crippen LogP contribution in [0.5, 0.6) is 17.2 Å². The molecular formula is C61H78N12O22S2. The number of ether oxygens (including phenoxy) is 2. The molecule has 36 heteroatoms. The van der Waals surface area contributed by atoms with Gasteiger partial charge in [0.25, 0.3) is 18.2 Å². The van der Waals surface area contributed by atoms with E-state index < -0.39 is 183 Å². The van der Waals surface area contributed by atoms with Crippen molar-refractivity contribution in [3.63, 3.8) is 0 Å². The molecule has 0 spiro atoms. The molecule has 5 aromatic rings. The van der Waals surface area contributed by atoms with Gasteiger partial charge in [-0.15, -0.1) is 0 Å². The molecular weight excluding hydrogens is 1320 g/mol. The Kier molecular flexibility index (Phi) is 25.1. The maximum Gasteiger partial charge on any atom is 0.261 e. The fourth-order valence-electron chi connectivity index (χ4n) is 11.7. The summed E-state index contributed by atoms with van der Waals surface area (Å²) in [5.41, 5.74) is 6.97. The molecule has 0 saturated carbocycles. The molecule has 14 atom stereocenters. The maximum atomic E-state index is 14.7. The number of nitrogens with zero attached hydrogens (tertiary/aromatic N) is 6. The van der Waals surface area contributed by atoms with Crippen LogP contribution in [0.1, 0.15) is 74.4 Å². The monoisotopic (exact) mass is 1390 g/mol. The van der Waals surface area contributed by atoms with Crippen LogP contribution in [0, 0.1) is 5.92 Å².